The number of amides is 1. The minimum atomic E-state index is -0.513. The second-order valence-electron chi connectivity index (χ2n) is 3.54. The zero-order chi connectivity index (χ0) is 11.7. The third-order valence-electron chi connectivity index (χ3n) is 2.26. The van der Waals surface area contributed by atoms with E-state index in [0.29, 0.717) is 19.4 Å². The molecule has 5 heteroatoms. The van der Waals surface area contributed by atoms with Gasteiger partial charge in [0.15, 0.2) is 0 Å². The molecule has 5 nitrogen and oxygen atoms in total. The standard InChI is InChI=1S/C10H22N2O3/c1-3-8(7-13)12-10(14)9(11)5-4-6-15-2/h8-9,13H,3-7,11H2,1-2H3,(H,12,14)/t8-,9?/m0/s1. The van der Waals surface area contributed by atoms with Crippen LogP contribution in [0.25, 0.3) is 0 Å². The Morgan fingerprint density at radius 3 is 2.73 bits per heavy atom. The Morgan fingerprint density at radius 1 is 1.60 bits per heavy atom. The van der Waals surface area contributed by atoms with Crippen LogP contribution in [0, 0.1) is 0 Å². The first-order valence-corrected chi connectivity index (χ1v) is 5.31. The van der Waals surface area contributed by atoms with Gasteiger partial charge in [-0.05, 0) is 19.3 Å². The van der Waals surface area contributed by atoms with E-state index in [4.69, 9.17) is 15.6 Å². The Kier molecular flexibility index (Phi) is 8.27. The molecule has 90 valence electrons. The predicted molar refractivity (Wildman–Crippen MR) is 58.4 cm³/mol. The molecule has 0 radical (unpaired) electrons. The lowest BCUT2D eigenvalue weighted by molar-refractivity contribution is -0.123. The fourth-order valence-corrected chi connectivity index (χ4v) is 1.16. The minimum Gasteiger partial charge on any atom is -0.394 e. The maximum atomic E-state index is 11.5. The lowest BCUT2D eigenvalue weighted by Crippen LogP contribution is -2.46. The van der Waals surface area contributed by atoms with Crippen LogP contribution in [0.15, 0.2) is 0 Å². The van der Waals surface area contributed by atoms with Gasteiger partial charge in [0, 0.05) is 13.7 Å². The van der Waals surface area contributed by atoms with Gasteiger partial charge in [0.05, 0.1) is 18.7 Å². The van der Waals surface area contributed by atoms with E-state index in [1.54, 1.807) is 7.11 Å². The molecule has 0 aliphatic heterocycles. The molecule has 0 aromatic rings. The molecular formula is C10H22N2O3. The van der Waals surface area contributed by atoms with Crippen LogP contribution in [0.4, 0.5) is 0 Å². The van der Waals surface area contributed by atoms with Crippen molar-refractivity contribution in [2.24, 2.45) is 5.73 Å². The van der Waals surface area contributed by atoms with E-state index < -0.39 is 6.04 Å². The normalized spacial score (nSPS) is 14.7. The number of rotatable bonds is 8. The van der Waals surface area contributed by atoms with E-state index in [0.717, 1.165) is 6.42 Å². The van der Waals surface area contributed by atoms with E-state index in [2.05, 4.69) is 5.32 Å². The molecule has 15 heavy (non-hydrogen) atoms. The number of carbonyl (C=O) groups excluding carboxylic acids is 1. The second kappa shape index (κ2) is 8.64. The van der Waals surface area contributed by atoms with Gasteiger partial charge < -0.3 is 20.9 Å². The predicted octanol–water partition coefficient (Wildman–Crippen LogP) is -0.373. The fourth-order valence-electron chi connectivity index (χ4n) is 1.16. The van der Waals surface area contributed by atoms with Crippen molar-refractivity contribution in [3.8, 4) is 0 Å². The number of nitrogens with two attached hydrogens (primary N) is 1. The molecule has 0 aromatic heterocycles. The number of nitrogens with one attached hydrogen (secondary N) is 1. The molecule has 0 saturated carbocycles. The van der Waals surface area contributed by atoms with E-state index >= 15 is 0 Å². The molecule has 0 spiro atoms. The summed E-state index contributed by atoms with van der Waals surface area (Å²) in [7, 11) is 1.62. The summed E-state index contributed by atoms with van der Waals surface area (Å²) in [5, 5.41) is 11.6. The SMILES string of the molecule is CC[C@@H](CO)NC(=O)C(N)CCCOC. The fraction of sp³-hybridized carbons (Fsp3) is 0.900. The van der Waals surface area contributed by atoms with Crippen molar-refractivity contribution >= 4 is 5.91 Å². The summed E-state index contributed by atoms with van der Waals surface area (Å²) >= 11 is 0. The monoisotopic (exact) mass is 218 g/mol. The first-order valence-electron chi connectivity index (χ1n) is 5.31. The van der Waals surface area contributed by atoms with Crippen molar-refractivity contribution < 1.29 is 14.6 Å². The quantitative estimate of drug-likeness (QED) is 0.485. The lowest BCUT2D eigenvalue weighted by atomic mass is 10.1. The van der Waals surface area contributed by atoms with Gasteiger partial charge in [-0.15, -0.1) is 0 Å². The smallest absolute Gasteiger partial charge is 0.237 e. The number of methoxy groups -OCH3 is 1. The van der Waals surface area contributed by atoms with Gasteiger partial charge in [-0.25, -0.2) is 0 Å². The summed E-state index contributed by atoms with van der Waals surface area (Å²) < 4.78 is 4.87. The number of carbonyl (C=O) groups is 1. The molecule has 0 aliphatic carbocycles. The van der Waals surface area contributed by atoms with Crippen LogP contribution in [0.3, 0.4) is 0 Å². The van der Waals surface area contributed by atoms with Crippen molar-refractivity contribution in [1.29, 1.82) is 0 Å². The Hall–Kier alpha value is -0.650. The van der Waals surface area contributed by atoms with Gasteiger partial charge in [-0.3, -0.25) is 4.79 Å². The molecule has 2 atom stereocenters. The van der Waals surface area contributed by atoms with E-state index in [1.807, 2.05) is 6.92 Å². The van der Waals surface area contributed by atoms with Crippen LogP contribution in [0.5, 0.6) is 0 Å². The van der Waals surface area contributed by atoms with Crippen molar-refractivity contribution in [3.63, 3.8) is 0 Å². The van der Waals surface area contributed by atoms with E-state index in [9.17, 15) is 4.79 Å². The van der Waals surface area contributed by atoms with Gasteiger partial charge in [0.2, 0.25) is 5.91 Å². The summed E-state index contributed by atoms with van der Waals surface area (Å²) in [6.07, 6.45) is 2.07. The molecule has 0 aliphatic rings. The Labute approximate surface area is 91.0 Å². The third-order valence-corrected chi connectivity index (χ3v) is 2.26. The molecule has 1 amide bonds. The molecule has 0 heterocycles. The number of ether oxygens (including phenoxy) is 1. The van der Waals surface area contributed by atoms with Crippen molar-refractivity contribution in [2.75, 3.05) is 20.3 Å². The highest BCUT2D eigenvalue weighted by atomic mass is 16.5. The van der Waals surface area contributed by atoms with Crippen LogP contribution in [0.2, 0.25) is 0 Å². The highest BCUT2D eigenvalue weighted by Gasteiger charge is 2.15. The minimum absolute atomic E-state index is 0.0486. The summed E-state index contributed by atoms with van der Waals surface area (Å²) in [4.78, 5) is 11.5. The van der Waals surface area contributed by atoms with Gasteiger partial charge in [-0.2, -0.15) is 0 Å². The summed E-state index contributed by atoms with van der Waals surface area (Å²) in [5.41, 5.74) is 5.67. The van der Waals surface area contributed by atoms with Crippen LogP contribution in [0.1, 0.15) is 26.2 Å². The number of aliphatic hydroxyl groups is 1. The molecular weight excluding hydrogens is 196 g/mol. The van der Waals surface area contributed by atoms with E-state index in [-0.39, 0.29) is 18.6 Å². The third kappa shape index (κ3) is 6.43. The Morgan fingerprint density at radius 2 is 2.27 bits per heavy atom. The molecule has 0 rings (SSSR count). The van der Waals surface area contributed by atoms with Crippen LogP contribution < -0.4 is 11.1 Å². The van der Waals surface area contributed by atoms with Gasteiger partial charge in [0.1, 0.15) is 0 Å². The topological polar surface area (TPSA) is 84.6 Å². The van der Waals surface area contributed by atoms with Crippen LogP contribution in [-0.2, 0) is 9.53 Å². The summed E-state index contributed by atoms with van der Waals surface area (Å²) in [5.74, 6) is -0.202. The zero-order valence-corrected chi connectivity index (χ0v) is 9.53. The Bertz CT molecular complexity index is 172. The molecule has 1 unspecified atom stereocenters. The highest BCUT2D eigenvalue weighted by molar-refractivity contribution is 5.81. The molecule has 0 bridgehead atoms. The maximum absolute atomic E-state index is 11.5. The lowest BCUT2D eigenvalue weighted by Gasteiger charge is -2.17. The van der Waals surface area contributed by atoms with E-state index in [1.165, 1.54) is 0 Å². The van der Waals surface area contributed by atoms with Gasteiger partial charge in [0.25, 0.3) is 0 Å². The summed E-state index contributed by atoms with van der Waals surface area (Å²) in [6.45, 7) is 2.46. The average Bonchev–Trinajstić information content (AvgIpc) is 2.25. The molecule has 0 saturated heterocycles. The van der Waals surface area contributed by atoms with Crippen LogP contribution >= 0.6 is 0 Å². The first-order chi connectivity index (χ1) is 7.15. The maximum Gasteiger partial charge on any atom is 0.237 e. The number of hydrogen-bond acceptors (Lipinski definition) is 4. The van der Waals surface area contributed by atoms with Gasteiger partial charge in [-0.1, -0.05) is 6.92 Å². The summed E-state index contributed by atoms with van der Waals surface area (Å²) in [6, 6.07) is -0.702. The highest BCUT2D eigenvalue weighted by Crippen LogP contribution is 1.97. The van der Waals surface area contributed by atoms with Crippen LogP contribution in [-0.4, -0.2) is 43.4 Å². The first kappa shape index (κ1) is 14.3. The average molecular weight is 218 g/mol. The molecule has 0 fully saturated rings. The number of aliphatic hydroxyl groups excluding tert-OH is 1. The zero-order valence-electron chi connectivity index (χ0n) is 9.53. The largest absolute Gasteiger partial charge is 0.394 e. The molecule has 0 aromatic carbocycles. The number of hydrogen-bond donors (Lipinski definition) is 3. The second-order valence-corrected chi connectivity index (χ2v) is 3.54. The Balaban J connectivity index is 3.77. The van der Waals surface area contributed by atoms with Gasteiger partial charge >= 0.3 is 0 Å². The molecule has 4 N–H and O–H groups in total. The van der Waals surface area contributed by atoms with Crippen molar-refractivity contribution in [3.05, 3.63) is 0 Å². The van der Waals surface area contributed by atoms with Crippen molar-refractivity contribution in [2.45, 2.75) is 38.3 Å². The van der Waals surface area contributed by atoms with Crippen molar-refractivity contribution in [1.82, 2.24) is 5.32 Å².